The highest BCUT2D eigenvalue weighted by atomic mass is 79.9. The van der Waals surface area contributed by atoms with Crippen molar-refractivity contribution in [1.82, 2.24) is 4.98 Å². The Morgan fingerprint density at radius 3 is 2.60 bits per heavy atom. The van der Waals surface area contributed by atoms with Crippen LogP contribution in [-0.2, 0) is 0 Å². The van der Waals surface area contributed by atoms with Crippen LogP contribution in [0.4, 0.5) is 10.8 Å². The lowest BCUT2D eigenvalue weighted by atomic mass is 10.3. The van der Waals surface area contributed by atoms with E-state index in [9.17, 15) is 0 Å². The summed E-state index contributed by atoms with van der Waals surface area (Å²) >= 11 is 5.17. The molecule has 0 radical (unpaired) electrons. The lowest BCUT2D eigenvalue weighted by Gasteiger charge is -2.03. The van der Waals surface area contributed by atoms with Gasteiger partial charge >= 0.3 is 0 Å². The number of halogens is 1. The molecular weight excluding hydrogens is 272 g/mol. The standard InChI is InChI=1S/C11H11BrN2S/c1-7-8(2)15-11(13-7)14-10-6-4-3-5-9(10)12/h3-6H,1-2H3,(H,13,14). The highest BCUT2D eigenvalue weighted by molar-refractivity contribution is 9.10. The summed E-state index contributed by atoms with van der Waals surface area (Å²) in [6.45, 7) is 4.11. The Morgan fingerprint density at radius 1 is 1.27 bits per heavy atom. The fraction of sp³-hybridized carbons (Fsp3) is 0.182. The fourth-order valence-corrected chi connectivity index (χ4v) is 2.41. The van der Waals surface area contributed by atoms with Gasteiger partial charge in [0.1, 0.15) is 0 Å². The lowest BCUT2D eigenvalue weighted by molar-refractivity contribution is 1.23. The number of anilines is 2. The minimum atomic E-state index is 0.942. The first-order valence-corrected chi connectivity index (χ1v) is 6.23. The molecule has 0 spiro atoms. The lowest BCUT2D eigenvalue weighted by Crippen LogP contribution is -1.89. The maximum Gasteiger partial charge on any atom is 0.187 e. The largest absolute Gasteiger partial charge is 0.331 e. The molecule has 1 aromatic carbocycles. The number of para-hydroxylation sites is 1. The molecule has 78 valence electrons. The van der Waals surface area contributed by atoms with E-state index in [-0.39, 0.29) is 0 Å². The predicted molar refractivity (Wildman–Crippen MR) is 69.0 cm³/mol. The Bertz CT molecular complexity index is 460. The van der Waals surface area contributed by atoms with Crippen LogP contribution in [0.15, 0.2) is 28.7 Å². The van der Waals surface area contributed by atoms with Crippen molar-refractivity contribution in [1.29, 1.82) is 0 Å². The van der Waals surface area contributed by atoms with Crippen molar-refractivity contribution in [3.8, 4) is 0 Å². The SMILES string of the molecule is Cc1nc(Nc2ccccc2Br)sc1C. The number of aromatic nitrogens is 1. The third-order valence-electron chi connectivity index (χ3n) is 2.14. The summed E-state index contributed by atoms with van der Waals surface area (Å²) in [6, 6.07) is 8.03. The zero-order valence-electron chi connectivity index (χ0n) is 8.54. The molecule has 1 heterocycles. The van der Waals surface area contributed by atoms with Gasteiger partial charge in [-0.2, -0.15) is 0 Å². The highest BCUT2D eigenvalue weighted by Crippen LogP contribution is 2.28. The Balaban J connectivity index is 2.26. The number of hydrogen-bond acceptors (Lipinski definition) is 3. The van der Waals surface area contributed by atoms with Crippen molar-refractivity contribution in [2.75, 3.05) is 5.32 Å². The molecule has 0 aliphatic heterocycles. The number of aryl methyl sites for hydroxylation is 2. The first kappa shape index (κ1) is 10.6. The van der Waals surface area contributed by atoms with Crippen molar-refractivity contribution in [2.45, 2.75) is 13.8 Å². The molecule has 0 fully saturated rings. The van der Waals surface area contributed by atoms with Gasteiger partial charge in [0.2, 0.25) is 0 Å². The minimum Gasteiger partial charge on any atom is -0.331 e. The van der Waals surface area contributed by atoms with Crippen LogP contribution in [0.5, 0.6) is 0 Å². The number of nitrogens with one attached hydrogen (secondary N) is 1. The van der Waals surface area contributed by atoms with Gasteiger partial charge in [0.25, 0.3) is 0 Å². The van der Waals surface area contributed by atoms with Crippen molar-refractivity contribution in [3.63, 3.8) is 0 Å². The van der Waals surface area contributed by atoms with Gasteiger partial charge in [0.15, 0.2) is 5.13 Å². The second-order valence-electron chi connectivity index (χ2n) is 3.27. The normalized spacial score (nSPS) is 10.3. The summed E-state index contributed by atoms with van der Waals surface area (Å²) in [6.07, 6.45) is 0. The quantitative estimate of drug-likeness (QED) is 0.890. The fourth-order valence-electron chi connectivity index (χ4n) is 1.20. The van der Waals surface area contributed by atoms with Crippen LogP contribution in [0.1, 0.15) is 10.6 Å². The molecule has 15 heavy (non-hydrogen) atoms. The molecule has 0 aliphatic rings. The first-order chi connectivity index (χ1) is 7.16. The predicted octanol–water partition coefficient (Wildman–Crippen LogP) is 4.27. The van der Waals surface area contributed by atoms with E-state index in [0.717, 1.165) is 21.0 Å². The molecule has 2 rings (SSSR count). The van der Waals surface area contributed by atoms with E-state index in [1.165, 1.54) is 4.88 Å². The molecule has 0 unspecified atom stereocenters. The van der Waals surface area contributed by atoms with Gasteiger partial charge in [0.05, 0.1) is 11.4 Å². The molecule has 0 amide bonds. The molecule has 0 saturated carbocycles. The Morgan fingerprint density at radius 2 is 2.00 bits per heavy atom. The van der Waals surface area contributed by atoms with Crippen LogP contribution in [0.25, 0.3) is 0 Å². The van der Waals surface area contributed by atoms with Crippen LogP contribution in [-0.4, -0.2) is 4.98 Å². The molecule has 2 aromatic rings. The van der Waals surface area contributed by atoms with E-state index in [4.69, 9.17) is 0 Å². The van der Waals surface area contributed by atoms with E-state index in [0.29, 0.717) is 0 Å². The smallest absolute Gasteiger partial charge is 0.187 e. The van der Waals surface area contributed by atoms with Gasteiger partial charge in [0, 0.05) is 9.35 Å². The third kappa shape index (κ3) is 2.38. The van der Waals surface area contributed by atoms with E-state index < -0.39 is 0 Å². The number of rotatable bonds is 2. The van der Waals surface area contributed by atoms with Crippen LogP contribution >= 0.6 is 27.3 Å². The van der Waals surface area contributed by atoms with Crippen LogP contribution in [0.3, 0.4) is 0 Å². The topological polar surface area (TPSA) is 24.9 Å². The number of benzene rings is 1. The summed E-state index contributed by atoms with van der Waals surface area (Å²) < 4.78 is 1.05. The summed E-state index contributed by atoms with van der Waals surface area (Å²) in [5, 5.41) is 4.24. The second-order valence-corrected chi connectivity index (χ2v) is 5.32. The molecule has 0 saturated heterocycles. The van der Waals surface area contributed by atoms with Crippen molar-refractivity contribution in [3.05, 3.63) is 39.3 Å². The van der Waals surface area contributed by atoms with E-state index in [1.54, 1.807) is 11.3 Å². The van der Waals surface area contributed by atoms with Gasteiger partial charge in [-0.3, -0.25) is 0 Å². The average Bonchev–Trinajstić information content (AvgIpc) is 2.50. The Kier molecular flexibility index (Phi) is 3.07. The maximum absolute atomic E-state index is 4.43. The van der Waals surface area contributed by atoms with E-state index in [2.05, 4.69) is 33.2 Å². The summed E-state index contributed by atoms with van der Waals surface area (Å²) in [4.78, 5) is 5.69. The first-order valence-electron chi connectivity index (χ1n) is 4.62. The average molecular weight is 283 g/mol. The van der Waals surface area contributed by atoms with Gasteiger partial charge in [-0.1, -0.05) is 12.1 Å². The zero-order valence-corrected chi connectivity index (χ0v) is 10.9. The molecule has 4 heteroatoms. The van der Waals surface area contributed by atoms with E-state index >= 15 is 0 Å². The number of hydrogen-bond donors (Lipinski definition) is 1. The number of nitrogens with zero attached hydrogens (tertiary/aromatic N) is 1. The molecule has 1 aromatic heterocycles. The molecule has 0 bridgehead atoms. The van der Waals surface area contributed by atoms with Gasteiger partial charge in [-0.05, 0) is 41.9 Å². The van der Waals surface area contributed by atoms with Crippen LogP contribution in [0.2, 0.25) is 0 Å². The van der Waals surface area contributed by atoms with Crippen molar-refractivity contribution < 1.29 is 0 Å². The maximum atomic E-state index is 4.43. The summed E-state index contributed by atoms with van der Waals surface area (Å²) in [5.74, 6) is 0. The van der Waals surface area contributed by atoms with Gasteiger partial charge < -0.3 is 5.32 Å². The molecule has 2 nitrogen and oxygen atoms in total. The van der Waals surface area contributed by atoms with E-state index in [1.807, 2.05) is 31.2 Å². The van der Waals surface area contributed by atoms with Gasteiger partial charge in [-0.15, -0.1) is 11.3 Å². The van der Waals surface area contributed by atoms with Crippen LogP contribution < -0.4 is 5.32 Å². The molecule has 0 atom stereocenters. The molecule has 1 N–H and O–H groups in total. The number of thiazole rings is 1. The molecule has 0 aliphatic carbocycles. The summed E-state index contributed by atoms with van der Waals surface area (Å²) in [5.41, 5.74) is 2.14. The minimum absolute atomic E-state index is 0.942. The Labute approximate surface area is 101 Å². The van der Waals surface area contributed by atoms with Crippen LogP contribution in [0, 0.1) is 13.8 Å². The second kappa shape index (κ2) is 4.33. The van der Waals surface area contributed by atoms with Gasteiger partial charge in [-0.25, -0.2) is 4.98 Å². The molecular formula is C11H11BrN2S. The monoisotopic (exact) mass is 282 g/mol. The van der Waals surface area contributed by atoms with Crippen molar-refractivity contribution >= 4 is 38.1 Å². The third-order valence-corrected chi connectivity index (χ3v) is 3.82. The van der Waals surface area contributed by atoms with Crippen molar-refractivity contribution in [2.24, 2.45) is 0 Å². The summed E-state index contributed by atoms with van der Waals surface area (Å²) in [7, 11) is 0. The highest BCUT2D eigenvalue weighted by Gasteiger charge is 2.04. The Hall–Kier alpha value is -0.870. The zero-order chi connectivity index (χ0) is 10.8.